The van der Waals surface area contributed by atoms with Gasteiger partial charge in [0.1, 0.15) is 0 Å². The Kier molecular flexibility index (Phi) is 1.02. The van der Waals surface area contributed by atoms with Crippen molar-refractivity contribution in [1.82, 2.24) is 10.2 Å². The van der Waals surface area contributed by atoms with E-state index in [1.54, 1.807) is 0 Å². The molecule has 1 aromatic rings. The third kappa shape index (κ3) is 0.734. The predicted molar refractivity (Wildman–Crippen MR) is 20.0 cm³/mol. The van der Waals surface area contributed by atoms with E-state index in [4.69, 9.17) is 0 Å². The lowest BCUT2D eigenvalue weighted by molar-refractivity contribution is -0.392. The zero-order valence-corrected chi connectivity index (χ0v) is 3.61. The zero-order chi connectivity index (χ0) is 5.11. The van der Waals surface area contributed by atoms with Crippen LogP contribution in [0.25, 0.3) is 0 Å². The van der Waals surface area contributed by atoms with Crippen molar-refractivity contribution in [2.75, 3.05) is 0 Å². The Bertz CT molecular complexity index is 125. The van der Waals surface area contributed by atoms with Crippen LogP contribution in [0, 0.1) is 0 Å². The van der Waals surface area contributed by atoms with E-state index in [9.17, 15) is 4.39 Å². The molecule has 0 radical (unpaired) electrons. The molecule has 0 saturated carbocycles. The Labute approximate surface area is 39.6 Å². The van der Waals surface area contributed by atoms with Gasteiger partial charge in [-0.3, -0.25) is 0 Å². The largest absolute Gasteiger partial charge is 0.262 e. The minimum atomic E-state index is -0.514. The fraction of sp³-hybridized carbons (Fsp3) is 0.333. The van der Waals surface area contributed by atoms with Gasteiger partial charge in [-0.2, -0.15) is 0 Å². The molecule has 0 fully saturated rings. The Morgan fingerprint density at radius 2 is 2.86 bits per heavy atom. The number of rotatable bonds is 1. The molecule has 2 N–H and O–H groups in total. The third-order valence-electron chi connectivity index (χ3n) is 0.636. The van der Waals surface area contributed by atoms with E-state index in [1.807, 2.05) is 0 Å². The first-order valence-corrected chi connectivity index (χ1v) is 1.89. The van der Waals surface area contributed by atoms with Crippen LogP contribution in [-0.2, 0) is 6.67 Å². The van der Waals surface area contributed by atoms with E-state index in [-0.39, 0.29) is 0 Å². The number of H-pyrrole nitrogens is 2. The molecule has 0 saturated heterocycles. The molecule has 0 aromatic carbocycles. The van der Waals surface area contributed by atoms with Gasteiger partial charge in [-0.1, -0.05) is 0 Å². The van der Waals surface area contributed by atoms with Gasteiger partial charge < -0.3 is 0 Å². The SMILES string of the molecule is FCc1[nH]nc[nH+]1. The molecule has 0 spiro atoms. The molecule has 0 amide bonds. The van der Waals surface area contributed by atoms with E-state index >= 15 is 0 Å². The molecule has 1 rings (SSSR count). The summed E-state index contributed by atoms with van der Waals surface area (Å²) in [5.41, 5.74) is 0. The molecule has 0 aliphatic rings. The molecule has 3 nitrogen and oxygen atoms in total. The number of hydrogen-bond donors (Lipinski definition) is 1. The lowest BCUT2D eigenvalue weighted by Crippen LogP contribution is -2.02. The Morgan fingerprint density at radius 1 is 2.00 bits per heavy atom. The van der Waals surface area contributed by atoms with E-state index in [2.05, 4.69) is 15.2 Å². The standard InChI is InChI=1S/C3H4FN3/c4-1-3-5-2-6-7-3/h2H,1H2,(H,5,6,7)/p+1. The second-order valence-electron chi connectivity index (χ2n) is 1.13. The molecule has 7 heavy (non-hydrogen) atoms. The zero-order valence-electron chi connectivity index (χ0n) is 3.61. The van der Waals surface area contributed by atoms with Crippen molar-refractivity contribution < 1.29 is 9.37 Å². The lowest BCUT2D eigenvalue weighted by Gasteiger charge is -1.68. The predicted octanol–water partition coefficient (Wildman–Crippen LogP) is -0.307. The average Bonchev–Trinajstić information content (AvgIpc) is 2.14. The Morgan fingerprint density at radius 3 is 3.14 bits per heavy atom. The monoisotopic (exact) mass is 102 g/mol. The maximum absolute atomic E-state index is 11.5. The van der Waals surface area contributed by atoms with Crippen LogP contribution in [0.5, 0.6) is 0 Å². The van der Waals surface area contributed by atoms with Gasteiger partial charge in [0.25, 0.3) is 12.2 Å². The minimum absolute atomic E-state index is 0.403. The van der Waals surface area contributed by atoms with Crippen LogP contribution in [0.1, 0.15) is 5.82 Å². The first kappa shape index (κ1) is 4.23. The first-order chi connectivity index (χ1) is 3.43. The van der Waals surface area contributed by atoms with Crippen molar-refractivity contribution in [3.63, 3.8) is 0 Å². The number of aromatic amines is 2. The number of halogens is 1. The Balaban J connectivity index is 2.76. The molecule has 38 valence electrons. The van der Waals surface area contributed by atoms with Crippen molar-refractivity contribution >= 4 is 0 Å². The van der Waals surface area contributed by atoms with Crippen molar-refractivity contribution in [3.8, 4) is 0 Å². The minimum Gasteiger partial charge on any atom is -0.246 e. The topological polar surface area (TPSA) is 42.8 Å². The average molecular weight is 102 g/mol. The number of hydrogen-bond acceptors (Lipinski definition) is 1. The van der Waals surface area contributed by atoms with Gasteiger partial charge in [0, 0.05) is 5.10 Å². The highest BCUT2D eigenvalue weighted by atomic mass is 19.1. The maximum Gasteiger partial charge on any atom is 0.262 e. The van der Waals surface area contributed by atoms with Gasteiger partial charge in [0.05, 0.1) is 0 Å². The molecular formula is C3H5FN3+. The molecule has 1 heterocycles. The highest BCUT2D eigenvalue weighted by molar-refractivity contribution is 4.60. The van der Waals surface area contributed by atoms with Gasteiger partial charge in [-0.25, -0.2) is 9.37 Å². The van der Waals surface area contributed by atoms with Crippen molar-refractivity contribution in [1.29, 1.82) is 0 Å². The van der Waals surface area contributed by atoms with Crippen LogP contribution in [0.4, 0.5) is 4.39 Å². The summed E-state index contributed by atoms with van der Waals surface area (Å²) in [7, 11) is 0. The smallest absolute Gasteiger partial charge is 0.246 e. The van der Waals surface area contributed by atoms with Crippen LogP contribution in [0.3, 0.4) is 0 Å². The van der Waals surface area contributed by atoms with E-state index in [0.717, 1.165) is 0 Å². The normalized spacial score (nSPS) is 9.29. The van der Waals surface area contributed by atoms with Crippen LogP contribution >= 0.6 is 0 Å². The number of aromatic nitrogens is 3. The quantitative estimate of drug-likeness (QED) is 0.519. The fourth-order valence-corrected chi connectivity index (χ4v) is 0.321. The van der Waals surface area contributed by atoms with Gasteiger partial charge in [-0.15, -0.1) is 5.10 Å². The van der Waals surface area contributed by atoms with Crippen LogP contribution in [-0.4, -0.2) is 10.2 Å². The molecule has 0 unspecified atom stereocenters. The number of alkyl halides is 1. The third-order valence-corrected chi connectivity index (χ3v) is 0.636. The van der Waals surface area contributed by atoms with Gasteiger partial charge in [0.15, 0.2) is 6.67 Å². The molecule has 0 bridgehead atoms. The summed E-state index contributed by atoms with van der Waals surface area (Å²) in [6, 6.07) is 0. The van der Waals surface area contributed by atoms with Gasteiger partial charge in [-0.05, 0) is 0 Å². The number of nitrogens with one attached hydrogen (secondary N) is 2. The van der Waals surface area contributed by atoms with Crippen LogP contribution in [0.2, 0.25) is 0 Å². The molecule has 1 aromatic heterocycles. The Hall–Kier alpha value is -0.930. The molecule has 4 heteroatoms. The molecule has 0 aliphatic heterocycles. The summed E-state index contributed by atoms with van der Waals surface area (Å²) in [5.74, 6) is 0.403. The van der Waals surface area contributed by atoms with Gasteiger partial charge in [0.2, 0.25) is 0 Å². The maximum atomic E-state index is 11.5. The summed E-state index contributed by atoms with van der Waals surface area (Å²) in [5, 5.41) is 5.88. The van der Waals surface area contributed by atoms with E-state index in [0.29, 0.717) is 5.82 Å². The second kappa shape index (κ2) is 1.68. The number of nitrogens with zero attached hydrogens (tertiary/aromatic N) is 1. The van der Waals surface area contributed by atoms with E-state index in [1.165, 1.54) is 6.33 Å². The molecule has 0 atom stereocenters. The van der Waals surface area contributed by atoms with Crippen molar-refractivity contribution in [2.24, 2.45) is 0 Å². The highest BCUT2D eigenvalue weighted by Gasteiger charge is 1.95. The molecule has 0 aliphatic carbocycles. The second-order valence-corrected chi connectivity index (χ2v) is 1.13. The summed E-state index contributed by atoms with van der Waals surface area (Å²) in [4.78, 5) is 2.55. The van der Waals surface area contributed by atoms with Crippen LogP contribution in [0.15, 0.2) is 6.33 Å². The summed E-state index contributed by atoms with van der Waals surface area (Å²) < 4.78 is 11.5. The molecular weight excluding hydrogens is 97.1 g/mol. The van der Waals surface area contributed by atoms with E-state index < -0.39 is 6.67 Å². The van der Waals surface area contributed by atoms with Crippen molar-refractivity contribution in [3.05, 3.63) is 12.2 Å². The van der Waals surface area contributed by atoms with Gasteiger partial charge >= 0.3 is 0 Å². The van der Waals surface area contributed by atoms with Crippen molar-refractivity contribution in [2.45, 2.75) is 6.67 Å². The summed E-state index contributed by atoms with van der Waals surface area (Å²) >= 11 is 0. The fourth-order valence-electron chi connectivity index (χ4n) is 0.321. The lowest BCUT2D eigenvalue weighted by atomic mass is 10.7. The summed E-state index contributed by atoms with van der Waals surface area (Å²) in [6.45, 7) is -0.514. The van der Waals surface area contributed by atoms with Crippen LogP contribution < -0.4 is 4.98 Å². The highest BCUT2D eigenvalue weighted by Crippen LogP contribution is 1.79. The summed E-state index contributed by atoms with van der Waals surface area (Å²) in [6.07, 6.45) is 1.40. The first-order valence-electron chi connectivity index (χ1n) is 1.89.